The molecule has 2 heterocycles. The molecule has 6 rings (SSSR count). The third kappa shape index (κ3) is 3.16. The molecule has 1 spiro atoms. The Kier molecular flexibility index (Phi) is 5.14. The quantitative estimate of drug-likeness (QED) is 0.532. The first-order valence-corrected chi connectivity index (χ1v) is 14.0. The van der Waals surface area contributed by atoms with Gasteiger partial charge in [0.05, 0.1) is 22.8 Å². The summed E-state index contributed by atoms with van der Waals surface area (Å²) in [5, 5.41) is 23.1. The number of phenolic OH excluding ortho intramolecular Hbond substituents is 1. The number of piperidine rings is 1. The zero-order valence-corrected chi connectivity index (χ0v) is 20.7. The van der Waals surface area contributed by atoms with Gasteiger partial charge in [0.15, 0.2) is 11.5 Å². The topological polar surface area (TPSA) is 99.1 Å². The molecule has 3 N–H and O–H groups in total. The molecule has 2 fully saturated rings. The molecule has 0 unspecified atom stereocenters. The highest BCUT2D eigenvalue weighted by Crippen LogP contribution is 2.65. The van der Waals surface area contributed by atoms with Gasteiger partial charge in [-0.2, -0.15) is 0 Å². The van der Waals surface area contributed by atoms with Crippen LogP contribution in [0.15, 0.2) is 49.1 Å². The van der Waals surface area contributed by atoms with Crippen molar-refractivity contribution in [2.45, 2.75) is 67.6 Å². The van der Waals surface area contributed by atoms with Gasteiger partial charge in [-0.25, -0.2) is 13.1 Å². The standard InChI is InChI=1S/C27H32N2O5S/c1-3-13-29-14-12-26-23-18-8-9-21(30)24(23)34-25(26)20(10-11-27(26,31)22(29)15-18)28-35(32,33)16-19-7-5-4-6-17(19)2/h3-9,20,22,25,28,30-31H,1,10-16H2,2H3/t20-,22+,25-,26-,27+/m0/s1. The molecule has 186 valence electrons. The maximum atomic E-state index is 13.3. The monoisotopic (exact) mass is 496 g/mol. The van der Waals surface area contributed by atoms with Gasteiger partial charge in [-0.3, -0.25) is 4.90 Å². The third-order valence-electron chi connectivity index (χ3n) is 8.87. The first-order chi connectivity index (χ1) is 16.7. The van der Waals surface area contributed by atoms with E-state index in [4.69, 9.17) is 4.74 Å². The van der Waals surface area contributed by atoms with Crippen LogP contribution in [0.5, 0.6) is 11.5 Å². The van der Waals surface area contributed by atoms with E-state index in [1.807, 2.05) is 43.3 Å². The smallest absolute Gasteiger partial charge is 0.216 e. The SMILES string of the molecule is C=CCN1CC[C@]23c4c5ccc(O)c4O[C@H]2[C@@H](NS(=O)(=O)Cc2ccccc2C)CC[C@@]3(O)[C@H]1C5. The fourth-order valence-corrected chi connectivity index (χ4v) is 8.90. The fraction of sp³-hybridized carbons (Fsp3) is 0.481. The van der Waals surface area contributed by atoms with Gasteiger partial charge < -0.3 is 14.9 Å². The zero-order chi connectivity index (χ0) is 24.6. The summed E-state index contributed by atoms with van der Waals surface area (Å²) in [5.41, 5.74) is 1.78. The van der Waals surface area contributed by atoms with Crippen molar-refractivity contribution < 1.29 is 23.4 Å². The van der Waals surface area contributed by atoms with Gasteiger partial charge in [-0.1, -0.05) is 36.4 Å². The Hall–Kier alpha value is -2.39. The Bertz CT molecular complexity index is 1310. The number of sulfonamides is 1. The molecule has 7 nitrogen and oxygen atoms in total. The van der Waals surface area contributed by atoms with Gasteiger partial charge in [-0.15, -0.1) is 6.58 Å². The number of ether oxygens (including phenoxy) is 1. The van der Waals surface area contributed by atoms with Crippen LogP contribution in [-0.2, 0) is 27.6 Å². The van der Waals surface area contributed by atoms with E-state index in [1.54, 1.807) is 6.07 Å². The van der Waals surface area contributed by atoms with Crippen molar-refractivity contribution >= 4 is 10.0 Å². The second-order valence-corrected chi connectivity index (χ2v) is 12.3. The Morgan fingerprint density at radius 1 is 1.26 bits per heavy atom. The summed E-state index contributed by atoms with van der Waals surface area (Å²) in [5.74, 6) is 0.342. The largest absolute Gasteiger partial charge is 0.504 e. The van der Waals surface area contributed by atoms with Crippen molar-refractivity contribution in [1.29, 1.82) is 0 Å². The number of hydrogen-bond acceptors (Lipinski definition) is 6. The number of likely N-dealkylation sites (tertiary alicyclic amines) is 1. The second kappa shape index (κ2) is 7.80. The molecule has 2 aromatic rings. The van der Waals surface area contributed by atoms with E-state index >= 15 is 0 Å². The lowest BCUT2D eigenvalue weighted by atomic mass is 9.48. The van der Waals surface area contributed by atoms with Gasteiger partial charge in [0, 0.05) is 18.2 Å². The molecule has 1 saturated carbocycles. The van der Waals surface area contributed by atoms with Crippen LogP contribution in [0.25, 0.3) is 0 Å². The minimum atomic E-state index is -3.67. The average Bonchev–Trinajstić information content (AvgIpc) is 3.16. The van der Waals surface area contributed by atoms with Crippen LogP contribution in [0.4, 0.5) is 0 Å². The van der Waals surface area contributed by atoms with Gasteiger partial charge in [0.2, 0.25) is 10.0 Å². The molecule has 2 aromatic carbocycles. The number of aliphatic hydroxyl groups is 1. The van der Waals surface area contributed by atoms with E-state index < -0.39 is 33.2 Å². The van der Waals surface area contributed by atoms with Crippen LogP contribution in [0.1, 0.15) is 41.5 Å². The van der Waals surface area contributed by atoms with E-state index in [9.17, 15) is 18.6 Å². The van der Waals surface area contributed by atoms with E-state index in [1.165, 1.54) is 0 Å². The number of benzene rings is 2. The molecule has 4 aliphatic rings. The van der Waals surface area contributed by atoms with Crippen LogP contribution < -0.4 is 9.46 Å². The van der Waals surface area contributed by atoms with Crippen molar-refractivity contribution in [1.82, 2.24) is 9.62 Å². The third-order valence-corrected chi connectivity index (χ3v) is 10.2. The molecule has 0 radical (unpaired) electrons. The van der Waals surface area contributed by atoms with Gasteiger partial charge in [0.1, 0.15) is 6.10 Å². The van der Waals surface area contributed by atoms with E-state index in [0.717, 1.165) is 28.8 Å². The average molecular weight is 497 g/mol. The van der Waals surface area contributed by atoms with Gasteiger partial charge >= 0.3 is 0 Å². The lowest BCUT2D eigenvalue weighted by Gasteiger charge is -2.64. The van der Waals surface area contributed by atoms with Gasteiger partial charge in [-0.05, 0) is 61.9 Å². The highest BCUT2D eigenvalue weighted by Gasteiger charge is 2.73. The Balaban J connectivity index is 1.40. The van der Waals surface area contributed by atoms with E-state index in [-0.39, 0.29) is 17.5 Å². The highest BCUT2D eigenvalue weighted by molar-refractivity contribution is 7.88. The molecule has 0 amide bonds. The van der Waals surface area contributed by atoms with Crippen molar-refractivity contribution in [3.05, 3.63) is 71.3 Å². The molecular formula is C27H32N2O5S. The fourth-order valence-electron chi connectivity index (χ4n) is 7.38. The molecule has 2 aliphatic carbocycles. The first-order valence-electron chi connectivity index (χ1n) is 12.3. The maximum Gasteiger partial charge on any atom is 0.216 e. The molecular weight excluding hydrogens is 464 g/mol. The predicted octanol–water partition coefficient (Wildman–Crippen LogP) is 2.53. The Labute approximate surface area is 206 Å². The lowest BCUT2D eigenvalue weighted by molar-refractivity contribution is -0.188. The number of nitrogens with one attached hydrogen (secondary N) is 1. The van der Waals surface area contributed by atoms with Crippen LogP contribution in [-0.4, -0.2) is 60.4 Å². The van der Waals surface area contributed by atoms with Crippen molar-refractivity contribution in [2.75, 3.05) is 13.1 Å². The molecule has 1 saturated heterocycles. The van der Waals surface area contributed by atoms with Crippen LogP contribution in [0.3, 0.4) is 0 Å². The number of rotatable bonds is 6. The van der Waals surface area contributed by atoms with E-state index in [2.05, 4.69) is 16.2 Å². The number of phenols is 1. The minimum absolute atomic E-state index is 0.0448. The van der Waals surface area contributed by atoms with Crippen LogP contribution >= 0.6 is 0 Å². The van der Waals surface area contributed by atoms with Crippen molar-refractivity contribution in [3.63, 3.8) is 0 Å². The van der Waals surface area contributed by atoms with Crippen LogP contribution in [0, 0.1) is 6.92 Å². The maximum absolute atomic E-state index is 13.3. The number of hydrogen-bond donors (Lipinski definition) is 3. The van der Waals surface area contributed by atoms with E-state index in [0.29, 0.717) is 38.0 Å². The Morgan fingerprint density at radius 3 is 2.83 bits per heavy atom. The Morgan fingerprint density at radius 2 is 2.06 bits per heavy atom. The van der Waals surface area contributed by atoms with Crippen LogP contribution in [0.2, 0.25) is 0 Å². The van der Waals surface area contributed by atoms with Crippen molar-refractivity contribution in [2.24, 2.45) is 0 Å². The summed E-state index contributed by atoms with van der Waals surface area (Å²) in [4.78, 5) is 2.28. The molecule has 2 bridgehead atoms. The molecule has 0 aromatic heterocycles. The summed E-state index contributed by atoms with van der Waals surface area (Å²) in [6, 6.07) is 10.4. The highest BCUT2D eigenvalue weighted by atomic mass is 32.2. The summed E-state index contributed by atoms with van der Waals surface area (Å²) < 4.78 is 36.0. The molecule has 5 atom stereocenters. The number of nitrogens with zero attached hydrogens (tertiary/aromatic N) is 1. The lowest BCUT2D eigenvalue weighted by Crippen LogP contribution is -2.78. The number of aromatic hydroxyl groups is 1. The predicted molar refractivity (Wildman–Crippen MR) is 133 cm³/mol. The summed E-state index contributed by atoms with van der Waals surface area (Å²) in [6.07, 6.45) is 3.47. The second-order valence-electron chi connectivity index (χ2n) is 10.6. The summed E-state index contributed by atoms with van der Waals surface area (Å²) in [7, 11) is -3.67. The molecule has 8 heteroatoms. The molecule has 2 aliphatic heterocycles. The van der Waals surface area contributed by atoms with Gasteiger partial charge in [0.25, 0.3) is 0 Å². The normalized spacial score (nSPS) is 33.1. The minimum Gasteiger partial charge on any atom is -0.504 e. The zero-order valence-electron chi connectivity index (χ0n) is 19.9. The van der Waals surface area contributed by atoms with Crippen molar-refractivity contribution in [3.8, 4) is 11.5 Å². The number of aryl methyl sites for hydroxylation is 1. The molecule has 35 heavy (non-hydrogen) atoms. The first kappa shape index (κ1) is 23.0. The summed E-state index contributed by atoms with van der Waals surface area (Å²) >= 11 is 0. The summed E-state index contributed by atoms with van der Waals surface area (Å²) in [6.45, 7) is 7.24.